The fourth-order valence-electron chi connectivity index (χ4n) is 1.61. The molecule has 1 rings (SSSR count). The summed E-state index contributed by atoms with van der Waals surface area (Å²) in [5, 5.41) is 15.5. The third-order valence-electron chi connectivity index (χ3n) is 2.72. The van der Waals surface area contributed by atoms with Gasteiger partial charge in [0.2, 0.25) is 0 Å². The van der Waals surface area contributed by atoms with Crippen molar-refractivity contribution in [3.63, 3.8) is 0 Å². The van der Waals surface area contributed by atoms with Gasteiger partial charge < -0.3 is 10.4 Å². The molecule has 1 unspecified atom stereocenters. The van der Waals surface area contributed by atoms with Gasteiger partial charge in [0.25, 0.3) is 0 Å². The van der Waals surface area contributed by atoms with E-state index < -0.39 is 0 Å². The zero-order valence-electron chi connectivity index (χ0n) is 10.4. The Morgan fingerprint density at radius 2 is 2.31 bits per heavy atom. The van der Waals surface area contributed by atoms with Crippen LogP contribution >= 0.6 is 11.3 Å². The summed E-state index contributed by atoms with van der Waals surface area (Å²) < 4.78 is 0. The van der Waals surface area contributed by atoms with E-state index in [1.54, 1.807) is 11.3 Å². The number of thiazole rings is 1. The Labute approximate surface area is 102 Å². The smallest absolute Gasteiger partial charge is 0.109 e. The lowest BCUT2D eigenvalue weighted by atomic mass is 9.87. The van der Waals surface area contributed by atoms with Gasteiger partial charge in [0.1, 0.15) is 5.01 Å². The minimum Gasteiger partial charge on any atom is -0.396 e. The minimum atomic E-state index is 0.230. The molecule has 16 heavy (non-hydrogen) atoms. The zero-order chi connectivity index (χ0) is 12.0. The quantitative estimate of drug-likeness (QED) is 0.772. The first kappa shape index (κ1) is 13.6. The molecule has 0 bridgehead atoms. The fourth-order valence-corrected chi connectivity index (χ4v) is 2.28. The van der Waals surface area contributed by atoms with Crippen LogP contribution < -0.4 is 5.32 Å². The summed E-state index contributed by atoms with van der Waals surface area (Å²) in [7, 11) is 0. The predicted molar refractivity (Wildman–Crippen MR) is 68.6 cm³/mol. The molecule has 0 aromatic carbocycles. The Bertz CT molecular complexity index is 285. The van der Waals surface area contributed by atoms with Crippen LogP contribution in [0.4, 0.5) is 0 Å². The molecule has 0 fully saturated rings. The number of aliphatic hydroxyl groups excluding tert-OH is 1. The number of hydrogen-bond donors (Lipinski definition) is 2. The maximum atomic E-state index is 8.83. The van der Waals surface area contributed by atoms with Crippen molar-refractivity contribution in [3.8, 4) is 0 Å². The van der Waals surface area contributed by atoms with Gasteiger partial charge in [-0.3, -0.25) is 0 Å². The second-order valence-electron chi connectivity index (χ2n) is 4.96. The van der Waals surface area contributed by atoms with Crippen LogP contribution in [0, 0.1) is 5.41 Å². The summed E-state index contributed by atoms with van der Waals surface area (Å²) in [5.74, 6) is 0. The van der Waals surface area contributed by atoms with E-state index in [2.05, 4.69) is 31.1 Å². The van der Waals surface area contributed by atoms with Gasteiger partial charge in [0, 0.05) is 24.7 Å². The topological polar surface area (TPSA) is 45.1 Å². The molecule has 0 amide bonds. The average Bonchev–Trinajstić information content (AvgIpc) is 2.77. The van der Waals surface area contributed by atoms with Crippen molar-refractivity contribution in [2.24, 2.45) is 5.41 Å². The van der Waals surface area contributed by atoms with Crippen molar-refractivity contribution in [1.29, 1.82) is 0 Å². The number of aliphatic hydroxyl groups is 1. The van der Waals surface area contributed by atoms with Crippen LogP contribution in [-0.4, -0.2) is 23.2 Å². The molecule has 0 saturated heterocycles. The van der Waals surface area contributed by atoms with Crippen LogP contribution in [0.15, 0.2) is 11.6 Å². The highest BCUT2D eigenvalue weighted by molar-refractivity contribution is 7.09. The van der Waals surface area contributed by atoms with Crippen LogP contribution in [0.1, 0.15) is 44.7 Å². The van der Waals surface area contributed by atoms with Crippen molar-refractivity contribution >= 4 is 11.3 Å². The largest absolute Gasteiger partial charge is 0.396 e. The average molecular weight is 242 g/mol. The van der Waals surface area contributed by atoms with Gasteiger partial charge in [-0.2, -0.15) is 0 Å². The normalized spacial score (nSPS) is 14.0. The van der Waals surface area contributed by atoms with Gasteiger partial charge in [-0.25, -0.2) is 4.98 Å². The highest BCUT2D eigenvalue weighted by Gasteiger charge is 2.18. The molecule has 0 aliphatic heterocycles. The Morgan fingerprint density at radius 3 is 2.88 bits per heavy atom. The first-order chi connectivity index (χ1) is 7.55. The predicted octanol–water partition coefficient (Wildman–Crippen LogP) is 2.59. The zero-order valence-corrected chi connectivity index (χ0v) is 11.2. The summed E-state index contributed by atoms with van der Waals surface area (Å²) in [4.78, 5) is 4.30. The number of hydrogen-bond acceptors (Lipinski definition) is 4. The monoisotopic (exact) mass is 242 g/mol. The summed E-state index contributed by atoms with van der Waals surface area (Å²) in [6, 6.07) is 0.313. The van der Waals surface area contributed by atoms with Crippen LogP contribution in [0.2, 0.25) is 0 Å². The molecule has 1 atom stereocenters. The molecule has 0 radical (unpaired) electrons. The summed E-state index contributed by atoms with van der Waals surface area (Å²) in [5.41, 5.74) is 0.230. The van der Waals surface area contributed by atoms with Crippen molar-refractivity contribution in [1.82, 2.24) is 10.3 Å². The molecular formula is C12H22N2OS. The Hall–Kier alpha value is -0.450. The van der Waals surface area contributed by atoms with E-state index in [4.69, 9.17) is 5.11 Å². The number of aromatic nitrogens is 1. The number of nitrogens with one attached hydrogen (secondary N) is 1. The Morgan fingerprint density at radius 1 is 1.56 bits per heavy atom. The van der Waals surface area contributed by atoms with Gasteiger partial charge >= 0.3 is 0 Å². The minimum absolute atomic E-state index is 0.230. The number of rotatable bonds is 7. The van der Waals surface area contributed by atoms with Crippen LogP contribution in [-0.2, 0) is 0 Å². The standard InChI is InChI=1S/C12H22N2OS/c1-10(11-13-6-8-16-11)14-9-12(2,3)5-4-7-15/h6,8,10,14-15H,4-5,7,9H2,1-3H3. The van der Waals surface area contributed by atoms with Crippen molar-refractivity contribution in [2.75, 3.05) is 13.2 Å². The second kappa shape index (κ2) is 6.33. The lowest BCUT2D eigenvalue weighted by Crippen LogP contribution is -2.31. The van der Waals surface area contributed by atoms with Crippen LogP contribution in [0.3, 0.4) is 0 Å². The molecule has 3 nitrogen and oxygen atoms in total. The lowest BCUT2D eigenvalue weighted by Gasteiger charge is -2.26. The second-order valence-corrected chi connectivity index (χ2v) is 5.89. The first-order valence-corrected chi connectivity index (χ1v) is 6.67. The SMILES string of the molecule is CC(NCC(C)(C)CCCO)c1nccs1. The molecule has 0 aliphatic rings. The number of nitrogens with zero attached hydrogens (tertiary/aromatic N) is 1. The molecule has 0 spiro atoms. The van der Waals surface area contributed by atoms with Gasteiger partial charge in [-0.15, -0.1) is 11.3 Å². The van der Waals surface area contributed by atoms with Gasteiger partial charge in [-0.1, -0.05) is 13.8 Å². The highest BCUT2D eigenvalue weighted by Crippen LogP contribution is 2.23. The Kier molecular flexibility index (Phi) is 5.38. The molecule has 1 aromatic rings. The first-order valence-electron chi connectivity index (χ1n) is 5.79. The van der Waals surface area contributed by atoms with Crippen molar-refractivity contribution in [2.45, 2.75) is 39.7 Å². The Balaban J connectivity index is 2.33. The summed E-state index contributed by atoms with van der Waals surface area (Å²) in [6.45, 7) is 7.83. The summed E-state index contributed by atoms with van der Waals surface area (Å²) in [6.07, 6.45) is 3.76. The van der Waals surface area contributed by atoms with Crippen LogP contribution in [0.25, 0.3) is 0 Å². The van der Waals surface area contributed by atoms with Crippen LogP contribution in [0.5, 0.6) is 0 Å². The highest BCUT2D eigenvalue weighted by atomic mass is 32.1. The summed E-state index contributed by atoms with van der Waals surface area (Å²) >= 11 is 1.69. The van der Waals surface area contributed by atoms with Crippen molar-refractivity contribution < 1.29 is 5.11 Å². The molecule has 4 heteroatoms. The van der Waals surface area contributed by atoms with E-state index >= 15 is 0 Å². The van der Waals surface area contributed by atoms with E-state index in [1.807, 2.05) is 11.6 Å². The van der Waals surface area contributed by atoms with E-state index in [1.165, 1.54) is 0 Å². The molecule has 1 aromatic heterocycles. The van der Waals surface area contributed by atoms with E-state index in [9.17, 15) is 0 Å². The maximum absolute atomic E-state index is 8.83. The van der Waals surface area contributed by atoms with Gasteiger partial charge in [-0.05, 0) is 25.2 Å². The van der Waals surface area contributed by atoms with Gasteiger partial charge in [0.05, 0.1) is 6.04 Å². The van der Waals surface area contributed by atoms with E-state index in [0.717, 1.165) is 24.4 Å². The third kappa shape index (κ3) is 4.60. The molecule has 92 valence electrons. The van der Waals surface area contributed by atoms with Gasteiger partial charge in [0.15, 0.2) is 0 Å². The third-order valence-corrected chi connectivity index (χ3v) is 3.68. The van der Waals surface area contributed by atoms with Crippen molar-refractivity contribution in [3.05, 3.63) is 16.6 Å². The lowest BCUT2D eigenvalue weighted by molar-refractivity contribution is 0.233. The van der Waals surface area contributed by atoms with E-state index in [-0.39, 0.29) is 12.0 Å². The molecule has 1 heterocycles. The molecular weight excluding hydrogens is 220 g/mol. The molecule has 0 saturated carbocycles. The fraction of sp³-hybridized carbons (Fsp3) is 0.750. The van der Waals surface area contributed by atoms with E-state index in [0.29, 0.717) is 6.04 Å². The maximum Gasteiger partial charge on any atom is 0.109 e. The molecule has 0 aliphatic carbocycles. The molecule has 2 N–H and O–H groups in total.